The molecule has 1 aliphatic heterocycles. The Morgan fingerprint density at radius 2 is 1.87 bits per heavy atom. The van der Waals surface area contributed by atoms with Crippen LogP contribution >= 0.6 is 0 Å². The Morgan fingerprint density at radius 1 is 1.26 bits per heavy atom. The minimum Gasteiger partial charge on any atom is -0.487 e. The first-order chi connectivity index (χ1) is 11.2. The fourth-order valence-electron chi connectivity index (χ4n) is 1.73. The Hall–Kier alpha value is -3.29. The lowest BCUT2D eigenvalue weighted by Gasteiger charge is -2.14. The summed E-state index contributed by atoms with van der Waals surface area (Å²) in [6, 6.07) is 5.33. The summed E-state index contributed by atoms with van der Waals surface area (Å²) in [5, 5.41) is 15.5. The van der Waals surface area contributed by atoms with Crippen molar-refractivity contribution in [1.29, 1.82) is 5.41 Å². The Kier molecular flexibility index (Phi) is 5.35. The molecule has 0 amide bonds. The van der Waals surface area contributed by atoms with Crippen LogP contribution in [-0.4, -0.2) is 30.6 Å². The van der Waals surface area contributed by atoms with Crippen molar-refractivity contribution in [2.75, 3.05) is 18.6 Å². The number of benzene rings is 1. The van der Waals surface area contributed by atoms with Crippen molar-refractivity contribution in [1.82, 2.24) is 5.43 Å². The van der Waals surface area contributed by atoms with Crippen molar-refractivity contribution in [3.63, 3.8) is 0 Å². The number of hydrogen-bond acceptors (Lipinski definition) is 7. The van der Waals surface area contributed by atoms with Gasteiger partial charge in [-0.2, -0.15) is 10.2 Å². The molecule has 0 fully saturated rings. The van der Waals surface area contributed by atoms with Gasteiger partial charge in [-0.05, 0) is 12.1 Å². The summed E-state index contributed by atoms with van der Waals surface area (Å²) >= 11 is 0. The van der Waals surface area contributed by atoms with Crippen LogP contribution in [0, 0.1) is 5.41 Å². The Morgan fingerprint density at radius 3 is 2.35 bits per heavy atom. The lowest BCUT2D eigenvalue weighted by molar-refractivity contribution is 0.348. The van der Waals surface area contributed by atoms with E-state index in [2.05, 4.69) is 34.2 Å². The topological polar surface area (TPSA) is 117 Å². The van der Waals surface area contributed by atoms with Gasteiger partial charge in [0.2, 0.25) is 0 Å². The molecular weight excluding hydrogens is 296 g/mol. The molecule has 8 heteroatoms. The summed E-state index contributed by atoms with van der Waals surface area (Å²) in [6.45, 7) is 7.90. The summed E-state index contributed by atoms with van der Waals surface area (Å²) in [6.07, 6.45) is 3.27. The molecule has 2 rings (SSSR count). The number of amidine groups is 2. The molecule has 0 bridgehead atoms. The maximum Gasteiger partial charge on any atom is 0.175 e. The van der Waals surface area contributed by atoms with Gasteiger partial charge in [0.25, 0.3) is 0 Å². The predicted octanol–water partition coefficient (Wildman–Crippen LogP) is 1.44. The number of nitrogens with one attached hydrogen (secondary N) is 3. The van der Waals surface area contributed by atoms with E-state index in [0.29, 0.717) is 30.4 Å². The van der Waals surface area contributed by atoms with E-state index in [9.17, 15) is 0 Å². The van der Waals surface area contributed by atoms with E-state index in [1.54, 1.807) is 30.4 Å². The fourth-order valence-corrected chi connectivity index (χ4v) is 1.73. The molecule has 0 radical (unpaired) electrons. The Bertz CT molecular complexity index is 650. The molecule has 1 heterocycles. The number of nitrogens with two attached hydrogens (primary N) is 1. The minimum absolute atomic E-state index is 0.00745. The van der Waals surface area contributed by atoms with Gasteiger partial charge in [0.15, 0.2) is 17.4 Å². The molecule has 1 aromatic rings. The third-order valence-electron chi connectivity index (χ3n) is 2.75. The van der Waals surface area contributed by atoms with E-state index < -0.39 is 0 Å². The van der Waals surface area contributed by atoms with Crippen LogP contribution in [0.1, 0.15) is 0 Å². The van der Waals surface area contributed by atoms with Gasteiger partial charge >= 0.3 is 0 Å². The first kappa shape index (κ1) is 16.1. The summed E-state index contributed by atoms with van der Waals surface area (Å²) in [4.78, 5) is 0. The standard InChI is InChI=1S/C15H18N6O2/c1-3-8-22-10-6-5-7-11(23-9-4-2)12(10)18-19-13-14(16)20-21-15(13)17/h3-7,18H,1-2,8-9H2,(H4,16,17,19,20,21). The van der Waals surface area contributed by atoms with Gasteiger partial charge in [-0.25, -0.2) is 0 Å². The lowest BCUT2D eigenvalue weighted by Crippen LogP contribution is -2.28. The van der Waals surface area contributed by atoms with Gasteiger partial charge in [0.1, 0.15) is 30.4 Å². The van der Waals surface area contributed by atoms with Crippen LogP contribution < -0.4 is 26.1 Å². The largest absolute Gasteiger partial charge is 0.487 e. The van der Waals surface area contributed by atoms with Crippen LogP contribution in [0.3, 0.4) is 0 Å². The molecule has 0 saturated heterocycles. The van der Waals surface area contributed by atoms with Crippen molar-refractivity contribution in [2.45, 2.75) is 0 Å². The van der Waals surface area contributed by atoms with Gasteiger partial charge in [-0.15, -0.1) is 0 Å². The van der Waals surface area contributed by atoms with Crippen LogP contribution in [0.15, 0.2) is 53.7 Å². The zero-order valence-corrected chi connectivity index (χ0v) is 12.5. The molecule has 0 aromatic heterocycles. The quantitative estimate of drug-likeness (QED) is 0.428. The Labute approximate surface area is 133 Å². The van der Waals surface area contributed by atoms with Crippen molar-refractivity contribution in [2.24, 2.45) is 15.9 Å². The molecule has 8 nitrogen and oxygen atoms in total. The first-order valence-corrected chi connectivity index (χ1v) is 6.80. The van der Waals surface area contributed by atoms with E-state index in [1.807, 2.05) is 0 Å². The number of anilines is 1. The Balaban J connectivity index is 2.30. The molecule has 0 saturated carbocycles. The van der Waals surface area contributed by atoms with Gasteiger partial charge in [-0.1, -0.05) is 31.4 Å². The number of rotatable bonds is 8. The van der Waals surface area contributed by atoms with E-state index in [1.165, 1.54) is 0 Å². The highest BCUT2D eigenvalue weighted by Crippen LogP contribution is 2.34. The predicted molar refractivity (Wildman–Crippen MR) is 91.4 cm³/mol. The SMILES string of the molecule is C=CCOc1cccc(OCC=C)c1N/N=C1\C(=N)NN=C1N. The highest BCUT2D eigenvalue weighted by atomic mass is 16.5. The number of nitrogens with zero attached hydrogens (tertiary/aromatic N) is 2. The van der Waals surface area contributed by atoms with Gasteiger partial charge in [0, 0.05) is 0 Å². The molecular formula is C15H18N6O2. The lowest BCUT2D eigenvalue weighted by atomic mass is 10.2. The summed E-state index contributed by atoms with van der Waals surface area (Å²) in [5.41, 5.74) is 11.6. The maximum atomic E-state index is 7.67. The van der Waals surface area contributed by atoms with Crippen molar-refractivity contribution in [3.05, 3.63) is 43.5 Å². The molecule has 0 spiro atoms. The normalized spacial score (nSPS) is 14.9. The third kappa shape index (κ3) is 3.88. The van der Waals surface area contributed by atoms with Crippen LogP contribution in [0.2, 0.25) is 0 Å². The molecule has 23 heavy (non-hydrogen) atoms. The summed E-state index contributed by atoms with van der Waals surface area (Å²) in [7, 11) is 0. The van der Waals surface area contributed by atoms with Crippen LogP contribution in [0.5, 0.6) is 11.5 Å². The molecule has 5 N–H and O–H groups in total. The number of para-hydroxylation sites is 1. The highest BCUT2D eigenvalue weighted by molar-refractivity contribution is 6.68. The fraction of sp³-hybridized carbons (Fsp3) is 0.133. The molecule has 120 valence electrons. The molecule has 0 atom stereocenters. The molecule has 0 aliphatic carbocycles. The molecule has 1 aliphatic rings. The summed E-state index contributed by atoms with van der Waals surface area (Å²) in [5.74, 6) is 1.20. The van der Waals surface area contributed by atoms with Gasteiger partial charge in [0.05, 0.1) is 0 Å². The second-order valence-corrected chi connectivity index (χ2v) is 4.38. The third-order valence-corrected chi connectivity index (χ3v) is 2.75. The number of hydrazone groups is 2. The van der Waals surface area contributed by atoms with Crippen molar-refractivity contribution in [3.8, 4) is 11.5 Å². The van der Waals surface area contributed by atoms with Crippen LogP contribution in [0.4, 0.5) is 5.69 Å². The monoisotopic (exact) mass is 314 g/mol. The zero-order valence-electron chi connectivity index (χ0n) is 12.5. The minimum atomic E-state index is 0.00745. The maximum absolute atomic E-state index is 7.67. The van der Waals surface area contributed by atoms with Crippen LogP contribution in [-0.2, 0) is 0 Å². The number of ether oxygens (including phenoxy) is 2. The second kappa shape index (κ2) is 7.64. The number of hydrogen-bond donors (Lipinski definition) is 4. The molecule has 1 aromatic carbocycles. The van der Waals surface area contributed by atoms with E-state index >= 15 is 0 Å². The van der Waals surface area contributed by atoms with Crippen LogP contribution in [0.25, 0.3) is 0 Å². The van der Waals surface area contributed by atoms with Gasteiger partial charge < -0.3 is 15.2 Å². The van der Waals surface area contributed by atoms with Crippen molar-refractivity contribution < 1.29 is 9.47 Å². The highest BCUT2D eigenvalue weighted by Gasteiger charge is 2.19. The second-order valence-electron chi connectivity index (χ2n) is 4.38. The molecule has 0 unspecified atom stereocenters. The smallest absolute Gasteiger partial charge is 0.175 e. The van der Waals surface area contributed by atoms with E-state index in [0.717, 1.165) is 0 Å². The van der Waals surface area contributed by atoms with Crippen molar-refractivity contribution >= 4 is 23.1 Å². The summed E-state index contributed by atoms with van der Waals surface area (Å²) < 4.78 is 11.2. The van der Waals surface area contributed by atoms with E-state index in [-0.39, 0.29) is 17.4 Å². The zero-order chi connectivity index (χ0) is 16.7. The average Bonchev–Trinajstić information content (AvgIpc) is 2.88. The average molecular weight is 314 g/mol. The first-order valence-electron chi connectivity index (χ1n) is 6.80. The van der Waals surface area contributed by atoms with Gasteiger partial charge in [-0.3, -0.25) is 16.3 Å². The van der Waals surface area contributed by atoms with E-state index in [4.69, 9.17) is 20.6 Å².